The summed E-state index contributed by atoms with van der Waals surface area (Å²) < 4.78 is 0. The zero-order valence-corrected chi connectivity index (χ0v) is 12.1. The summed E-state index contributed by atoms with van der Waals surface area (Å²) in [5.74, 6) is 0.00463. The van der Waals surface area contributed by atoms with Crippen LogP contribution in [0.5, 0.6) is 0 Å². The van der Waals surface area contributed by atoms with Gasteiger partial charge in [0.1, 0.15) is 0 Å². The lowest BCUT2D eigenvalue weighted by molar-refractivity contribution is 0.0949. The molecule has 1 aromatic carbocycles. The predicted octanol–water partition coefficient (Wildman–Crippen LogP) is 3.20. The number of carbonyl (C=O) groups is 1. The van der Waals surface area contributed by atoms with Crippen LogP contribution in [0.3, 0.4) is 0 Å². The second-order valence-electron chi connectivity index (χ2n) is 5.85. The summed E-state index contributed by atoms with van der Waals surface area (Å²) >= 11 is 0. The van der Waals surface area contributed by atoms with E-state index >= 15 is 0 Å². The molecule has 0 aliphatic rings. The average Bonchev–Trinajstić information content (AvgIpc) is 2.27. The molecule has 0 aliphatic carbocycles. The van der Waals surface area contributed by atoms with Crippen LogP contribution in [0.25, 0.3) is 0 Å². The van der Waals surface area contributed by atoms with Crippen LogP contribution in [0.4, 0.5) is 5.69 Å². The maximum Gasteiger partial charge on any atom is 0.251 e. The first-order valence-corrected chi connectivity index (χ1v) is 6.40. The third kappa shape index (κ3) is 4.40. The van der Waals surface area contributed by atoms with Gasteiger partial charge in [-0.3, -0.25) is 4.79 Å². The van der Waals surface area contributed by atoms with Gasteiger partial charge in [0.15, 0.2) is 0 Å². The summed E-state index contributed by atoms with van der Waals surface area (Å²) in [5.41, 5.74) is 3.11. The van der Waals surface area contributed by atoms with Crippen molar-refractivity contribution in [2.24, 2.45) is 5.41 Å². The number of aryl methyl sites for hydroxylation is 1. The Bertz CT molecular complexity index is 419. The Hall–Kier alpha value is -1.51. The van der Waals surface area contributed by atoms with Crippen molar-refractivity contribution in [3.63, 3.8) is 0 Å². The fourth-order valence-electron chi connectivity index (χ4n) is 1.74. The van der Waals surface area contributed by atoms with E-state index in [2.05, 4.69) is 31.4 Å². The van der Waals surface area contributed by atoms with Crippen molar-refractivity contribution in [2.45, 2.75) is 34.1 Å². The zero-order valence-electron chi connectivity index (χ0n) is 12.1. The first-order chi connectivity index (χ1) is 8.33. The summed E-state index contributed by atoms with van der Waals surface area (Å²) in [5, 5.41) is 6.05. The van der Waals surface area contributed by atoms with Gasteiger partial charge in [-0.25, -0.2) is 0 Å². The molecular formula is C15H24N2O. The van der Waals surface area contributed by atoms with E-state index in [9.17, 15) is 4.79 Å². The Morgan fingerprint density at radius 3 is 2.44 bits per heavy atom. The van der Waals surface area contributed by atoms with Crippen LogP contribution in [0, 0.1) is 12.3 Å². The number of amides is 1. The Morgan fingerprint density at radius 2 is 1.94 bits per heavy atom. The smallest absolute Gasteiger partial charge is 0.251 e. The highest BCUT2D eigenvalue weighted by atomic mass is 16.1. The van der Waals surface area contributed by atoms with Gasteiger partial charge in [0.05, 0.1) is 0 Å². The van der Waals surface area contributed by atoms with Crippen molar-refractivity contribution in [3.05, 3.63) is 29.3 Å². The van der Waals surface area contributed by atoms with Gasteiger partial charge in [-0.05, 0) is 42.5 Å². The number of hydrogen-bond donors (Lipinski definition) is 2. The maximum absolute atomic E-state index is 12.0. The van der Waals surface area contributed by atoms with Crippen LogP contribution in [0.2, 0.25) is 0 Å². The lowest BCUT2D eigenvalue weighted by Crippen LogP contribution is -2.27. The quantitative estimate of drug-likeness (QED) is 0.859. The Kier molecular flexibility index (Phi) is 4.76. The summed E-state index contributed by atoms with van der Waals surface area (Å²) in [7, 11) is 1.88. The molecule has 1 amide bonds. The van der Waals surface area contributed by atoms with Crippen molar-refractivity contribution in [1.29, 1.82) is 0 Å². The first kappa shape index (κ1) is 14.6. The summed E-state index contributed by atoms with van der Waals surface area (Å²) in [6, 6.07) is 5.71. The van der Waals surface area contributed by atoms with Gasteiger partial charge < -0.3 is 10.6 Å². The maximum atomic E-state index is 12.0. The fraction of sp³-hybridized carbons (Fsp3) is 0.533. The number of hydrogen-bond acceptors (Lipinski definition) is 2. The van der Waals surface area contributed by atoms with E-state index in [1.807, 2.05) is 32.2 Å². The molecule has 0 saturated heterocycles. The van der Waals surface area contributed by atoms with E-state index in [4.69, 9.17) is 0 Å². The lowest BCUT2D eigenvalue weighted by Gasteiger charge is -2.18. The molecule has 0 fully saturated rings. The van der Waals surface area contributed by atoms with Gasteiger partial charge in [-0.1, -0.05) is 20.8 Å². The van der Waals surface area contributed by atoms with E-state index in [1.54, 1.807) is 0 Å². The molecule has 0 spiro atoms. The Labute approximate surface area is 110 Å². The number of benzene rings is 1. The molecule has 0 bridgehead atoms. The summed E-state index contributed by atoms with van der Waals surface area (Å²) in [4.78, 5) is 12.0. The molecule has 1 rings (SSSR count). The van der Waals surface area contributed by atoms with Gasteiger partial charge in [0.2, 0.25) is 0 Å². The summed E-state index contributed by atoms with van der Waals surface area (Å²) in [6.45, 7) is 9.23. The highest BCUT2D eigenvalue weighted by Gasteiger charge is 2.11. The largest absolute Gasteiger partial charge is 0.388 e. The second kappa shape index (κ2) is 5.89. The minimum Gasteiger partial charge on any atom is -0.388 e. The SMILES string of the molecule is CNc1ccc(C(=O)NCCC(C)(C)C)cc1C. The first-order valence-electron chi connectivity index (χ1n) is 6.40. The topological polar surface area (TPSA) is 41.1 Å². The van der Waals surface area contributed by atoms with Crippen molar-refractivity contribution >= 4 is 11.6 Å². The van der Waals surface area contributed by atoms with Gasteiger partial charge in [-0.15, -0.1) is 0 Å². The zero-order chi connectivity index (χ0) is 13.8. The number of nitrogens with one attached hydrogen (secondary N) is 2. The number of anilines is 1. The molecule has 0 heterocycles. The van der Waals surface area contributed by atoms with Crippen LogP contribution >= 0.6 is 0 Å². The van der Waals surface area contributed by atoms with Gasteiger partial charge >= 0.3 is 0 Å². The Balaban J connectivity index is 2.59. The third-order valence-electron chi connectivity index (χ3n) is 2.92. The molecule has 100 valence electrons. The van der Waals surface area contributed by atoms with Crippen LogP contribution in [0.1, 0.15) is 43.1 Å². The van der Waals surface area contributed by atoms with Crippen LogP contribution in [0.15, 0.2) is 18.2 Å². The Morgan fingerprint density at radius 1 is 1.28 bits per heavy atom. The molecule has 0 aromatic heterocycles. The van der Waals surface area contributed by atoms with E-state index < -0.39 is 0 Å². The minimum absolute atomic E-state index is 0.00463. The fourth-order valence-corrected chi connectivity index (χ4v) is 1.74. The summed E-state index contributed by atoms with van der Waals surface area (Å²) in [6.07, 6.45) is 0.978. The third-order valence-corrected chi connectivity index (χ3v) is 2.92. The number of carbonyl (C=O) groups excluding carboxylic acids is 1. The van der Waals surface area contributed by atoms with E-state index in [0.29, 0.717) is 0 Å². The molecule has 0 unspecified atom stereocenters. The van der Waals surface area contributed by atoms with Crippen LogP contribution < -0.4 is 10.6 Å². The van der Waals surface area contributed by atoms with Crippen molar-refractivity contribution in [1.82, 2.24) is 5.32 Å². The van der Waals surface area contributed by atoms with Crippen LogP contribution in [-0.4, -0.2) is 19.5 Å². The highest BCUT2D eigenvalue weighted by Crippen LogP contribution is 2.18. The molecular weight excluding hydrogens is 224 g/mol. The van der Waals surface area contributed by atoms with E-state index in [0.717, 1.165) is 29.8 Å². The molecule has 0 aliphatic heterocycles. The van der Waals surface area contributed by atoms with E-state index in [1.165, 1.54) is 0 Å². The van der Waals surface area contributed by atoms with Crippen molar-refractivity contribution in [2.75, 3.05) is 18.9 Å². The molecule has 0 radical (unpaired) electrons. The van der Waals surface area contributed by atoms with Gasteiger partial charge in [0.25, 0.3) is 5.91 Å². The number of rotatable bonds is 4. The molecule has 2 N–H and O–H groups in total. The average molecular weight is 248 g/mol. The van der Waals surface area contributed by atoms with Gasteiger partial charge in [0, 0.05) is 24.8 Å². The monoisotopic (exact) mass is 248 g/mol. The second-order valence-corrected chi connectivity index (χ2v) is 5.85. The van der Waals surface area contributed by atoms with Crippen molar-refractivity contribution < 1.29 is 4.79 Å². The molecule has 0 atom stereocenters. The normalized spacial score (nSPS) is 11.2. The predicted molar refractivity (Wildman–Crippen MR) is 77.1 cm³/mol. The standard InChI is InChI=1S/C15H24N2O/c1-11-10-12(6-7-13(11)16-5)14(18)17-9-8-15(2,3)4/h6-7,10,16H,8-9H2,1-5H3,(H,17,18). The lowest BCUT2D eigenvalue weighted by atomic mass is 9.92. The molecule has 3 nitrogen and oxygen atoms in total. The molecule has 0 saturated carbocycles. The molecule has 18 heavy (non-hydrogen) atoms. The minimum atomic E-state index is 0.00463. The van der Waals surface area contributed by atoms with Crippen LogP contribution in [-0.2, 0) is 0 Å². The van der Waals surface area contributed by atoms with E-state index in [-0.39, 0.29) is 11.3 Å². The molecule has 1 aromatic rings. The van der Waals surface area contributed by atoms with Gasteiger partial charge in [-0.2, -0.15) is 0 Å². The van der Waals surface area contributed by atoms with Crippen molar-refractivity contribution in [3.8, 4) is 0 Å². The highest BCUT2D eigenvalue weighted by molar-refractivity contribution is 5.94. The molecule has 3 heteroatoms.